The molecule has 6 heteroatoms. The van der Waals surface area contributed by atoms with Gasteiger partial charge in [-0.2, -0.15) is 4.98 Å². The van der Waals surface area contributed by atoms with Crippen LogP contribution in [0.2, 0.25) is 0 Å². The van der Waals surface area contributed by atoms with E-state index in [0.717, 1.165) is 31.6 Å². The molecule has 0 aliphatic carbocycles. The maximum absolute atomic E-state index is 9.21. The quantitative estimate of drug-likeness (QED) is 0.852. The van der Waals surface area contributed by atoms with Gasteiger partial charge in [0.15, 0.2) is 5.82 Å². The van der Waals surface area contributed by atoms with Crippen LogP contribution in [0, 0.1) is 0 Å². The Morgan fingerprint density at radius 1 is 1.45 bits per heavy atom. The van der Waals surface area contributed by atoms with Crippen molar-refractivity contribution >= 4 is 11.5 Å². The minimum absolute atomic E-state index is 0.0228. The molecular formula is C14H24N4O2. The number of hydrogen-bond donors (Lipinski definition) is 2. The molecule has 3 N–H and O–H groups in total. The van der Waals surface area contributed by atoms with Gasteiger partial charge in [0, 0.05) is 19.2 Å². The fourth-order valence-corrected chi connectivity index (χ4v) is 2.65. The lowest BCUT2D eigenvalue weighted by atomic mass is 9.99. The van der Waals surface area contributed by atoms with Crippen molar-refractivity contribution in [2.75, 3.05) is 23.8 Å². The van der Waals surface area contributed by atoms with E-state index in [9.17, 15) is 5.11 Å². The second-order valence-corrected chi connectivity index (χ2v) is 5.44. The van der Waals surface area contributed by atoms with Crippen LogP contribution in [0.5, 0.6) is 5.88 Å². The van der Waals surface area contributed by atoms with E-state index in [4.69, 9.17) is 10.5 Å². The Kier molecular flexibility index (Phi) is 5.00. The zero-order valence-electron chi connectivity index (χ0n) is 12.2. The van der Waals surface area contributed by atoms with Crippen molar-refractivity contribution in [1.82, 2.24) is 9.97 Å². The van der Waals surface area contributed by atoms with E-state index in [1.54, 1.807) is 0 Å². The number of piperidine rings is 1. The normalized spacial score (nSPS) is 19.4. The number of aliphatic hydroxyl groups excluding tert-OH is 1. The van der Waals surface area contributed by atoms with Gasteiger partial charge in [-0.25, -0.2) is 4.98 Å². The van der Waals surface area contributed by atoms with E-state index in [-0.39, 0.29) is 18.8 Å². The van der Waals surface area contributed by atoms with Crippen molar-refractivity contribution in [3.63, 3.8) is 0 Å². The highest BCUT2D eigenvalue weighted by Crippen LogP contribution is 2.33. The fourth-order valence-electron chi connectivity index (χ4n) is 2.65. The van der Waals surface area contributed by atoms with Gasteiger partial charge in [0.1, 0.15) is 12.0 Å². The summed E-state index contributed by atoms with van der Waals surface area (Å²) in [6.45, 7) is 4.97. The lowest BCUT2D eigenvalue weighted by molar-refractivity contribution is 0.233. The van der Waals surface area contributed by atoms with Crippen LogP contribution in [0.1, 0.15) is 39.5 Å². The van der Waals surface area contributed by atoms with Crippen molar-refractivity contribution in [2.24, 2.45) is 0 Å². The summed E-state index contributed by atoms with van der Waals surface area (Å²) in [5, 5.41) is 9.21. The Morgan fingerprint density at radius 2 is 2.25 bits per heavy atom. The summed E-state index contributed by atoms with van der Waals surface area (Å²) < 4.78 is 5.62. The molecule has 1 aliphatic rings. The van der Waals surface area contributed by atoms with Crippen LogP contribution in [0.15, 0.2) is 6.33 Å². The molecule has 1 aromatic rings. The molecule has 0 aromatic carbocycles. The van der Waals surface area contributed by atoms with E-state index in [0.29, 0.717) is 11.6 Å². The van der Waals surface area contributed by atoms with E-state index in [2.05, 4.69) is 14.9 Å². The highest BCUT2D eigenvalue weighted by Gasteiger charge is 2.26. The topological polar surface area (TPSA) is 84.5 Å². The molecule has 0 amide bonds. The van der Waals surface area contributed by atoms with Gasteiger partial charge in [-0.15, -0.1) is 0 Å². The van der Waals surface area contributed by atoms with Crippen molar-refractivity contribution in [2.45, 2.75) is 51.7 Å². The predicted octanol–water partition coefficient (Wildman–Crippen LogP) is 1.59. The number of ether oxygens (including phenoxy) is 1. The molecule has 1 saturated heterocycles. The van der Waals surface area contributed by atoms with E-state index < -0.39 is 0 Å². The molecule has 1 fully saturated rings. The third kappa shape index (κ3) is 3.30. The Hall–Kier alpha value is -1.56. The fraction of sp³-hybridized carbons (Fsp3) is 0.714. The molecule has 1 atom stereocenters. The minimum Gasteiger partial charge on any atom is -0.473 e. The van der Waals surface area contributed by atoms with Gasteiger partial charge in [-0.3, -0.25) is 0 Å². The molecule has 1 aromatic heterocycles. The van der Waals surface area contributed by atoms with Crippen LogP contribution in [-0.2, 0) is 0 Å². The highest BCUT2D eigenvalue weighted by molar-refractivity contribution is 5.68. The smallest absolute Gasteiger partial charge is 0.242 e. The largest absolute Gasteiger partial charge is 0.473 e. The second-order valence-electron chi connectivity index (χ2n) is 5.44. The zero-order chi connectivity index (χ0) is 14.5. The number of nitrogen functional groups attached to an aromatic ring is 1. The van der Waals surface area contributed by atoms with Gasteiger partial charge < -0.3 is 20.5 Å². The molecule has 1 aliphatic heterocycles. The molecule has 0 radical (unpaired) electrons. The molecule has 1 unspecified atom stereocenters. The van der Waals surface area contributed by atoms with Crippen LogP contribution in [0.4, 0.5) is 11.5 Å². The van der Waals surface area contributed by atoms with E-state index in [1.807, 2.05) is 13.8 Å². The zero-order valence-corrected chi connectivity index (χ0v) is 12.2. The third-order valence-corrected chi connectivity index (χ3v) is 3.54. The minimum atomic E-state index is 0.0228. The van der Waals surface area contributed by atoms with Gasteiger partial charge in [-0.1, -0.05) is 0 Å². The van der Waals surface area contributed by atoms with Gasteiger partial charge in [0.05, 0.1) is 6.10 Å². The first-order valence-corrected chi connectivity index (χ1v) is 7.28. The van der Waals surface area contributed by atoms with Crippen molar-refractivity contribution in [1.29, 1.82) is 0 Å². The lowest BCUT2D eigenvalue weighted by Crippen LogP contribution is -2.41. The number of anilines is 2. The summed E-state index contributed by atoms with van der Waals surface area (Å²) in [6, 6.07) is 0.290. The monoisotopic (exact) mass is 280 g/mol. The molecule has 20 heavy (non-hydrogen) atoms. The van der Waals surface area contributed by atoms with Crippen molar-refractivity contribution < 1.29 is 9.84 Å². The highest BCUT2D eigenvalue weighted by atomic mass is 16.5. The number of rotatable bonds is 5. The molecule has 0 spiro atoms. The summed E-state index contributed by atoms with van der Waals surface area (Å²) in [5.41, 5.74) is 6.66. The number of nitrogens with two attached hydrogens (primary N) is 1. The average molecular weight is 280 g/mol. The summed E-state index contributed by atoms with van der Waals surface area (Å²) in [4.78, 5) is 10.6. The van der Waals surface area contributed by atoms with Crippen LogP contribution in [-0.4, -0.2) is 40.4 Å². The van der Waals surface area contributed by atoms with E-state index >= 15 is 0 Å². The average Bonchev–Trinajstić information content (AvgIpc) is 2.42. The first-order chi connectivity index (χ1) is 9.63. The Balaban J connectivity index is 2.25. The van der Waals surface area contributed by atoms with E-state index in [1.165, 1.54) is 12.7 Å². The predicted molar refractivity (Wildman–Crippen MR) is 78.9 cm³/mol. The Bertz CT molecular complexity index is 437. The number of aromatic nitrogens is 2. The van der Waals surface area contributed by atoms with Gasteiger partial charge in [0.25, 0.3) is 0 Å². The SMILES string of the molecule is CC(C)Oc1ncnc(N2CCCCC2CCO)c1N. The van der Waals surface area contributed by atoms with Crippen LogP contribution in [0.3, 0.4) is 0 Å². The first kappa shape index (κ1) is 14.8. The molecule has 2 rings (SSSR count). The Labute approximate surface area is 120 Å². The summed E-state index contributed by atoms with van der Waals surface area (Å²) in [6.07, 6.45) is 5.62. The molecule has 6 nitrogen and oxygen atoms in total. The van der Waals surface area contributed by atoms with Gasteiger partial charge in [-0.05, 0) is 39.5 Å². The number of hydrogen-bond acceptors (Lipinski definition) is 6. The third-order valence-electron chi connectivity index (χ3n) is 3.54. The molecular weight excluding hydrogens is 256 g/mol. The number of nitrogens with zero attached hydrogens (tertiary/aromatic N) is 3. The summed E-state index contributed by atoms with van der Waals surface area (Å²) >= 11 is 0. The molecule has 2 heterocycles. The molecule has 112 valence electrons. The maximum Gasteiger partial charge on any atom is 0.242 e. The van der Waals surface area contributed by atoms with Crippen LogP contribution >= 0.6 is 0 Å². The maximum atomic E-state index is 9.21. The van der Waals surface area contributed by atoms with Crippen LogP contribution in [0.25, 0.3) is 0 Å². The first-order valence-electron chi connectivity index (χ1n) is 7.28. The van der Waals surface area contributed by atoms with Gasteiger partial charge in [0.2, 0.25) is 5.88 Å². The lowest BCUT2D eigenvalue weighted by Gasteiger charge is -2.37. The Morgan fingerprint density at radius 3 is 2.95 bits per heavy atom. The summed E-state index contributed by atoms with van der Waals surface area (Å²) in [5.74, 6) is 1.17. The number of aliphatic hydroxyl groups is 1. The van der Waals surface area contributed by atoms with Crippen molar-refractivity contribution in [3.8, 4) is 5.88 Å². The van der Waals surface area contributed by atoms with Crippen molar-refractivity contribution in [3.05, 3.63) is 6.33 Å². The second kappa shape index (κ2) is 6.74. The molecule has 0 saturated carbocycles. The standard InChI is InChI=1S/C14H24N4O2/c1-10(2)20-14-12(15)13(16-9-17-14)18-7-4-3-5-11(18)6-8-19/h9-11,19H,3-8,15H2,1-2H3. The molecule has 0 bridgehead atoms. The summed E-state index contributed by atoms with van der Waals surface area (Å²) in [7, 11) is 0. The van der Waals surface area contributed by atoms with Gasteiger partial charge >= 0.3 is 0 Å². The van der Waals surface area contributed by atoms with Crippen LogP contribution < -0.4 is 15.4 Å².